The fourth-order valence-electron chi connectivity index (χ4n) is 2.75. The van der Waals surface area contributed by atoms with E-state index in [1.807, 2.05) is 6.92 Å². The van der Waals surface area contributed by atoms with E-state index in [9.17, 15) is 18.0 Å². The summed E-state index contributed by atoms with van der Waals surface area (Å²) in [6, 6.07) is 6.24. The van der Waals surface area contributed by atoms with Gasteiger partial charge in [-0.15, -0.1) is 0 Å². The summed E-state index contributed by atoms with van der Waals surface area (Å²) in [5.41, 5.74) is 0.912. The van der Waals surface area contributed by atoms with Gasteiger partial charge in [0.15, 0.2) is 0 Å². The molecular weight excluding hydrogens is 337 g/mol. The lowest BCUT2D eigenvalue weighted by molar-refractivity contribution is -0.159. The van der Waals surface area contributed by atoms with Crippen LogP contribution in [0.5, 0.6) is 0 Å². The van der Waals surface area contributed by atoms with Crippen molar-refractivity contribution >= 4 is 11.7 Å². The van der Waals surface area contributed by atoms with Gasteiger partial charge in [0.2, 0.25) is 5.82 Å². The molecule has 2 heterocycles. The molecule has 1 fully saturated rings. The molecule has 9 heteroatoms. The molecule has 1 atom stereocenters. The number of piperidine rings is 1. The van der Waals surface area contributed by atoms with E-state index < -0.39 is 12.1 Å². The largest absolute Gasteiger partial charge is 0.471 e. The Balaban J connectivity index is 1.68. The molecule has 1 saturated heterocycles. The third-order valence-corrected chi connectivity index (χ3v) is 4.13. The van der Waals surface area contributed by atoms with E-state index in [1.54, 1.807) is 17.0 Å². The van der Waals surface area contributed by atoms with Gasteiger partial charge in [0.1, 0.15) is 0 Å². The van der Waals surface area contributed by atoms with Gasteiger partial charge < -0.3 is 14.7 Å². The summed E-state index contributed by atoms with van der Waals surface area (Å²) in [5.74, 6) is -1.55. The number of urea groups is 1. The number of benzene rings is 1. The monoisotopic (exact) mass is 354 g/mol. The Labute approximate surface area is 142 Å². The lowest BCUT2D eigenvalue weighted by Crippen LogP contribution is -2.44. The van der Waals surface area contributed by atoms with E-state index in [1.165, 1.54) is 12.1 Å². The van der Waals surface area contributed by atoms with Crippen LogP contribution in [0.2, 0.25) is 0 Å². The topological polar surface area (TPSA) is 71.3 Å². The Kier molecular flexibility index (Phi) is 4.65. The number of hydrogen-bond acceptors (Lipinski definition) is 4. The van der Waals surface area contributed by atoms with Crippen LogP contribution in [0.3, 0.4) is 0 Å². The molecule has 134 valence electrons. The Morgan fingerprint density at radius 2 is 2.00 bits per heavy atom. The Morgan fingerprint density at radius 1 is 1.28 bits per heavy atom. The van der Waals surface area contributed by atoms with E-state index in [2.05, 4.69) is 20.0 Å². The van der Waals surface area contributed by atoms with Gasteiger partial charge in [-0.1, -0.05) is 5.16 Å². The van der Waals surface area contributed by atoms with Gasteiger partial charge in [-0.25, -0.2) is 4.79 Å². The number of carbonyl (C=O) groups excluding carboxylic acids is 1. The summed E-state index contributed by atoms with van der Waals surface area (Å²) < 4.78 is 41.7. The molecule has 1 aliphatic rings. The van der Waals surface area contributed by atoms with Crippen LogP contribution in [0.15, 0.2) is 28.8 Å². The van der Waals surface area contributed by atoms with E-state index in [0.717, 1.165) is 19.3 Å². The smallest absolute Gasteiger partial charge is 0.329 e. The number of halogens is 3. The second kappa shape index (κ2) is 6.73. The number of amides is 2. The highest BCUT2D eigenvalue weighted by molar-refractivity contribution is 5.89. The molecule has 3 rings (SSSR count). The number of anilines is 1. The molecule has 0 saturated carbocycles. The first-order chi connectivity index (χ1) is 11.8. The molecule has 1 unspecified atom stereocenters. The number of rotatable bonds is 2. The van der Waals surface area contributed by atoms with Crippen LogP contribution in [-0.4, -0.2) is 33.7 Å². The third kappa shape index (κ3) is 3.92. The van der Waals surface area contributed by atoms with E-state index in [4.69, 9.17) is 0 Å². The van der Waals surface area contributed by atoms with Crippen LogP contribution in [0.4, 0.5) is 23.7 Å². The second-order valence-electron chi connectivity index (χ2n) is 5.97. The normalized spacial score (nSPS) is 18.2. The summed E-state index contributed by atoms with van der Waals surface area (Å²) in [7, 11) is 0. The van der Waals surface area contributed by atoms with E-state index in [-0.39, 0.29) is 17.9 Å². The highest BCUT2D eigenvalue weighted by atomic mass is 19.4. The molecule has 1 N–H and O–H groups in total. The zero-order chi connectivity index (χ0) is 18.0. The number of aromatic nitrogens is 2. The SMILES string of the molecule is CC1CCCCN1C(=O)Nc1ccc(-c2noc(C(F)(F)F)n2)cc1. The summed E-state index contributed by atoms with van der Waals surface area (Å²) in [6.45, 7) is 2.73. The van der Waals surface area contributed by atoms with Crippen molar-refractivity contribution in [2.24, 2.45) is 0 Å². The van der Waals surface area contributed by atoms with Crippen molar-refractivity contribution in [3.63, 3.8) is 0 Å². The Hall–Kier alpha value is -2.58. The molecule has 25 heavy (non-hydrogen) atoms. The molecule has 1 aromatic heterocycles. The van der Waals surface area contributed by atoms with Crippen molar-refractivity contribution in [1.29, 1.82) is 0 Å². The molecule has 0 radical (unpaired) electrons. The van der Waals surface area contributed by atoms with E-state index >= 15 is 0 Å². The number of alkyl halides is 3. The van der Waals surface area contributed by atoms with Gasteiger partial charge in [0.25, 0.3) is 0 Å². The maximum Gasteiger partial charge on any atom is 0.471 e. The summed E-state index contributed by atoms with van der Waals surface area (Å²) >= 11 is 0. The minimum absolute atomic E-state index is 0.158. The third-order valence-electron chi connectivity index (χ3n) is 4.13. The van der Waals surface area contributed by atoms with Crippen LogP contribution in [0.25, 0.3) is 11.4 Å². The van der Waals surface area contributed by atoms with Gasteiger partial charge >= 0.3 is 18.1 Å². The molecule has 0 spiro atoms. The first kappa shape index (κ1) is 17.2. The fraction of sp³-hybridized carbons (Fsp3) is 0.438. The van der Waals surface area contributed by atoms with Crippen LogP contribution in [-0.2, 0) is 6.18 Å². The molecule has 0 aliphatic carbocycles. The number of likely N-dealkylation sites (tertiary alicyclic amines) is 1. The summed E-state index contributed by atoms with van der Waals surface area (Å²) in [4.78, 5) is 17.4. The van der Waals surface area contributed by atoms with Crippen molar-refractivity contribution < 1.29 is 22.5 Å². The molecule has 2 aromatic rings. The number of hydrogen-bond donors (Lipinski definition) is 1. The van der Waals surface area contributed by atoms with Gasteiger partial charge in [0, 0.05) is 23.8 Å². The van der Waals surface area contributed by atoms with Gasteiger partial charge in [-0.2, -0.15) is 18.2 Å². The van der Waals surface area contributed by atoms with Crippen molar-refractivity contribution in [2.45, 2.75) is 38.4 Å². The average molecular weight is 354 g/mol. The Morgan fingerprint density at radius 3 is 2.60 bits per heavy atom. The minimum atomic E-state index is -4.68. The summed E-state index contributed by atoms with van der Waals surface area (Å²) in [5, 5.41) is 6.12. The quantitative estimate of drug-likeness (QED) is 0.879. The standard InChI is InChI=1S/C16H17F3N4O2/c1-10-4-2-3-9-23(10)15(24)20-12-7-5-11(6-8-12)13-21-14(25-22-13)16(17,18)19/h5-8,10H,2-4,9H2,1H3,(H,20,24). The van der Waals surface area contributed by atoms with Gasteiger partial charge in [0.05, 0.1) is 0 Å². The van der Waals surface area contributed by atoms with Crippen molar-refractivity contribution in [2.75, 3.05) is 11.9 Å². The first-order valence-corrected chi connectivity index (χ1v) is 7.93. The maximum absolute atomic E-state index is 12.5. The highest BCUT2D eigenvalue weighted by Gasteiger charge is 2.38. The number of carbonyl (C=O) groups is 1. The lowest BCUT2D eigenvalue weighted by atomic mass is 10.0. The average Bonchev–Trinajstić information content (AvgIpc) is 3.06. The van der Waals surface area contributed by atoms with E-state index in [0.29, 0.717) is 17.8 Å². The van der Waals surface area contributed by atoms with Gasteiger partial charge in [-0.05, 0) is 50.5 Å². The first-order valence-electron chi connectivity index (χ1n) is 7.93. The predicted octanol–water partition coefficient (Wildman–Crippen LogP) is 4.16. The van der Waals surface area contributed by atoms with Crippen molar-refractivity contribution in [1.82, 2.24) is 15.0 Å². The molecule has 2 amide bonds. The highest BCUT2D eigenvalue weighted by Crippen LogP contribution is 2.29. The second-order valence-corrected chi connectivity index (χ2v) is 5.97. The maximum atomic E-state index is 12.5. The van der Waals surface area contributed by atoms with Gasteiger partial charge in [-0.3, -0.25) is 0 Å². The minimum Gasteiger partial charge on any atom is -0.329 e. The predicted molar refractivity (Wildman–Crippen MR) is 83.8 cm³/mol. The summed E-state index contributed by atoms with van der Waals surface area (Å²) in [6.07, 6.45) is -1.60. The number of nitrogens with one attached hydrogen (secondary N) is 1. The van der Waals surface area contributed by atoms with Crippen LogP contribution < -0.4 is 5.32 Å². The molecule has 1 aromatic carbocycles. The van der Waals surface area contributed by atoms with Crippen molar-refractivity contribution in [3.8, 4) is 11.4 Å². The molecular formula is C16H17F3N4O2. The fourth-order valence-corrected chi connectivity index (χ4v) is 2.75. The molecule has 1 aliphatic heterocycles. The molecule has 6 nitrogen and oxygen atoms in total. The van der Waals surface area contributed by atoms with Crippen molar-refractivity contribution in [3.05, 3.63) is 30.2 Å². The zero-order valence-corrected chi connectivity index (χ0v) is 13.5. The van der Waals surface area contributed by atoms with Crippen LogP contribution >= 0.6 is 0 Å². The number of nitrogens with zero attached hydrogens (tertiary/aromatic N) is 3. The molecule has 0 bridgehead atoms. The van der Waals surface area contributed by atoms with Crippen LogP contribution in [0, 0.1) is 0 Å². The Bertz CT molecular complexity index is 743. The zero-order valence-electron chi connectivity index (χ0n) is 13.5. The lowest BCUT2D eigenvalue weighted by Gasteiger charge is -2.33. The van der Waals surface area contributed by atoms with Crippen LogP contribution in [0.1, 0.15) is 32.1 Å².